The highest BCUT2D eigenvalue weighted by Crippen LogP contribution is 2.13. The zero-order chi connectivity index (χ0) is 19.8. The van der Waals surface area contributed by atoms with E-state index in [4.69, 9.17) is 10.7 Å². The fourth-order valence-electron chi connectivity index (χ4n) is 3.51. The lowest BCUT2D eigenvalue weighted by Gasteiger charge is -2.15. The average molecular weight is 386 g/mol. The van der Waals surface area contributed by atoms with Crippen LogP contribution in [0.4, 0.5) is 0 Å². The second-order valence-electron chi connectivity index (χ2n) is 8.09. The number of rotatable bonds is 23. The summed E-state index contributed by atoms with van der Waals surface area (Å²) < 4.78 is 0. The Morgan fingerprint density at radius 3 is 1.48 bits per heavy atom. The monoisotopic (exact) mass is 385 g/mol. The Kier molecular flexibility index (Phi) is 23.7. The minimum atomic E-state index is 0.266. The van der Waals surface area contributed by atoms with E-state index in [0.29, 0.717) is 0 Å². The van der Waals surface area contributed by atoms with E-state index < -0.39 is 0 Å². The second-order valence-corrected chi connectivity index (χ2v) is 8.09. The molecule has 1 unspecified atom stereocenters. The molecule has 4 nitrogen and oxygen atoms in total. The molecule has 0 spiro atoms. The molecule has 0 fully saturated rings. The van der Waals surface area contributed by atoms with Gasteiger partial charge < -0.3 is 0 Å². The summed E-state index contributed by atoms with van der Waals surface area (Å²) in [6.07, 6.45) is 24.8. The SMILES string of the molecule is CCCCCCCCCCCCCCCCCCNOC(CC)CCNN. The molecule has 0 radical (unpaired) electrons. The van der Waals surface area contributed by atoms with Crippen LogP contribution in [0.25, 0.3) is 0 Å². The number of hydrazine groups is 1. The van der Waals surface area contributed by atoms with Gasteiger partial charge in [-0.3, -0.25) is 16.1 Å². The van der Waals surface area contributed by atoms with Gasteiger partial charge in [0.1, 0.15) is 0 Å². The van der Waals surface area contributed by atoms with Crippen molar-refractivity contribution >= 4 is 0 Å². The number of hydrogen-bond donors (Lipinski definition) is 3. The molecular formula is C23H51N3O. The maximum Gasteiger partial charge on any atom is 0.0800 e. The zero-order valence-electron chi connectivity index (χ0n) is 18.7. The van der Waals surface area contributed by atoms with Crippen molar-refractivity contribution in [3.8, 4) is 0 Å². The second kappa shape index (κ2) is 23.9. The summed E-state index contributed by atoms with van der Waals surface area (Å²) in [5.74, 6) is 5.30. The molecule has 4 N–H and O–H groups in total. The third-order valence-corrected chi connectivity index (χ3v) is 5.45. The smallest absolute Gasteiger partial charge is 0.0800 e. The van der Waals surface area contributed by atoms with Gasteiger partial charge in [0.2, 0.25) is 0 Å². The Morgan fingerprint density at radius 2 is 1.07 bits per heavy atom. The molecular weight excluding hydrogens is 334 g/mol. The lowest BCUT2D eigenvalue weighted by Crippen LogP contribution is -2.30. The van der Waals surface area contributed by atoms with Gasteiger partial charge in [0, 0.05) is 13.1 Å². The minimum Gasteiger partial charge on any atom is -0.298 e. The number of hydroxylamine groups is 1. The van der Waals surface area contributed by atoms with E-state index in [9.17, 15) is 0 Å². The van der Waals surface area contributed by atoms with Crippen molar-refractivity contribution in [3.05, 3.63) is 0 Å². The van der Waals surface area contributed by atoms with Crippen molar-refractivity contribution < 1.29 is 4.84 Å². The Morgan fingerprint density at radius 1 is 0.630 bits per heavy atom. The van der Waals surface area contributed by atoms with Crippen LogP contribution < -0.4 is 16.7 Å². The molecule has 0 amide bonds. The van der Waals surface area contributed by atoms with E-state index in [-0.39, 0.29) is 6.10 Å². The Bertz CT molecular complexity index is 264. The van der Waals surface area contributed by atoms with Crippen LogP contribution in [0, 0.1) is 0 Å². The van der Waals surface area contributed by atoms with Gasteiger partial charge in [0.05, 0.1) is 6.10 Å². The van der Waals surface area contributed by atoms with Gasteiger partial charge in [-0.15, -0.1) is 0 Å². The molecule has 0 aliphatic carbocycles. The first-order chi connectivity index (χ1) is 13.3. The highest BCUT2D eigenvalue weighted by molar-refractivity contribution is 4.55. The molecule has 0 heterocycles. The van der Waals surface area contributed by atoms with Crippen LogP contribution >= 0.6 is 0 Å². The lowest BCUT2D eigenvalue weighted by molar-refractivity contribution is -0.0305. The molecule has 0 aromatic rings. The van der Waals surface area contributed by atoms with Crippen LogP contribution in [0.15, 0.2) is 0 Å². The van der Waals surface area contributed by atoms with E-state index >= 15 is 0 Å². The number of nitrogens with two attached hydrogens (primary N) is 1. The van der Waals surface area contributed by atoms with Crippen LogP contribution in [0.2, 0.25) is 0 Å². The van der Waals surface area contributed by atoms with Crippen LogP contribution in [0.1, 0.15) is 129 Å². The number of nitrogens with one attached hydrogen (secondary N) is 2. The maximum absolute atomic E-state index is 5.67. The topological polar surface area (TPSA) is 59.3 Å². The molecule has 0 bridgehead atoms. The summed E-state index contributed by atoms with van der Waals surface area (Å²) in [4.78, 5) is 5.67. The van der Waals surface area contributed by atoms with Gasteiger partial charge in [-0.1, -0.05) is 110 Å². The van der Waals surface area contributed by atoms with Crippen molar-refractivity contribution in [2.45, 2.75) is 136 Å². The van der Waals surface area contributed by atoms with E-state index in [2.05, 4.69) is 24.8 Å². The fourth-order valence-corrected chi connectivity index (χ4v) is 3.51. The first-order valence-electron chi connectivity index (χ1n) is 12.2. The summed E-state index contributed by atoms with van der Waals surface area (Å²) >= 11 is 0. The molecule has 0 aliphatic rings. The zero-order valence-corrected chi connectivity index (χ0v) is 18.7. The van der Waals surface area contributed by atoms with Crippen LogP contribution in [-0.4, -0.2) is 19.2 Å². The molecule has 1 atom stereocenters. The molecule has 4 heteroatoms. The molecule has 0 saturated heterocycles. The van der Waals surface area contributed by atoms with Gasteiger partial charge in [-0.25, -0.2) is 5.48 Å². The van der Waals surface area contributed by atoms with Crippen molar-refractivity contribution in [2.24, 2.45) is 5.84 Å². The van der Waals surface area contributed by atoms with Gasteiger partial charge in [0.15, 0.2) is 0 Å². The normalized spacial score (nSPS) is 12.6. The minimum absolute atomic E-state index is 0.266. The maximum atomic E-state index is 5.67. The third-order valence-electron chi connectivity index (χ3n) is 5.45. The van der Waals surface area contributed by atoms with E-state index in [1.807, 2.05) is 0 Å². The van der Waals surface area contributed by atoms with Gasteiger partial charge in [0.25, 0.3) is 0 Å². The van der Waals surface area contributed by atoms with Crippen LogP contribution in [0.3, 0.4) is 0 Å². The van der Waals surface area contributed by atoms with Crippen molar-refractivity contribution in [1.29, 1.82) is 0 Å². The van der Waals surface area contributed by atoms with Crippen molar-refractivity contribution in [3.63, 3.8) is 0 Å². The van der Waals surface area contributed by atoms with E-state index in [1.165, 1.54) is 103 Å². The van der Waals surface area contributed by atoms with Crippen LogP contribution in [0.5, 0.6) is 0 Å². The Hall–Kier alpha value is -0.160. The molecule has 0 aliphatic heterocycles. The predicted molar refractivity (Wildman–Crippen MR) is 120 cm³/mol. The number of hydrogen-bond acceptors (Lipinski definition) is 4. The predicted octanol–water partition coefficient (Wildman–Crippen LogP) is 6.40. The van der Waals surface area contributed by atoms with E-state index in [1.54, 1.807) is 0 Å². The molecule has 164 valence electrons. The fraction of sp³-hybridized carbons (Fsp3) is 1.00. The van der Waals surface area contributed by atoms with Gasteiger partial charge in [-0.2, -0.15) is 0 Å². The number of unbranched alkanes of at least 4 members (excludes halogenated alkanes) is 15. The third kappa shape index (κ3) is 22.0. The first kappa shape index (κ1) is 26.8. The molecule has 0 aromatic heterocycles. The van der Waals surface area contributed by atoms with Crippen molar-refractivity contribution in [1.82, 2.24) is 10.9 Å². The highest BCUT2D eigenvalue weighted by atomic mass is 16.7. The quantitative estimate of drug-likeness (QED) is 0.108. The molecule has 0 rings (SSSR count). The van der Waals surface area contributed by atoms with E-state index in [0.717, 1.165) is 25.9 Å². The summed E-state index contributed by atoms with van der Waals surface area (Å²) in [6, 6.07) is 0. The lowest BCUT2D eigenvalue weighted by atomic mass is 10.0. The first-order valence-corrected chi connectivity index (χ1v) is 12.2. The largest absolute Gasteiger partial charge is 0.298 e. The van der Waals surface area contributed by atoms with Gasteiger partial charge in [-0.05, 0) is 19.3 Å². The standard InChI is InChI=1S/C23H51N3O/c1-3-5-6-7-8-9-10-11-12-13-14-15-16-17-18-19-21-26-27-23(4-2)20-22-25-24/h23,25-26H,3-22,24H2,1-2H3. The summed E-state index contributed by atoms with van der Waals surface area (Å²) in [5, 5.41) is 0. The van der Waals surface area contributed by atoms with Crippen LogP contribution in [-0.2, 0) is 4.84 Å². The Labute approximate surface area is 170 Å². The highest BCUT2D eigenvalue weighted by Gasteiger charge is 2.05. The van der Waals surface area contributed by atoms with Gasteiger partial charge >= 0.3 is 0 Å². The summed E-state index contributed by atoms with van der Waals surface area (Å²) in [7, 11) is 0. The summed E-state index contributed by atoms with van der Waals surface area (Å²) in [6.45, 7) is 6.21. The Balaban J connectivity index is 3.10. The average Bonchev–Trinajstić information content (AvgIpc) is 2.69. The summed E-state index contributed by atoms with van der Waals surface area (Å²) in [5.41, 5.74) is 5.81. The molecule has 0 aromatic carbocycles. The molecule has 27 heavy (non-hydrogen) atoms. The molecule has 0 saturated carbocycles. The van der Waals surface area contributed by atoms with Crippen molar-refractivity contribution in [2.75, 3.05) is 13.1 Å².